The number of hydrogen-bond donors (Lipinski definition) is 0. The van der Waals surface area contributed by atoms with Gasteiger partial charge >= 0.3 is 0 Å². The molecule has 170 valence electrons. The average Bonchev–Trinajstić information content (AvgIpc) is 3.29. The van der Waals surface area contributed by atoms with Gasteiger partial charge in [-0.3, -0.25) is 4.90 Å². The van der Waals surface area contributed by atoms with E-state index >= 15 is 0 Å². The first-order chi connectivity index (χ1) is 15.3. The number of rotatable bonds is 7. The number of halogens is 2. The molecule has 1 fully saturated rings. The van der Waals surface area contributed by atoms with Gasteiger partial charge in [0.1, 0.15) is 33.3 Å². The van der Waals surface area contributed by atoms with Crippen molar-refractivity contribution in [3.05, 3.63) is 75.5 Å². The minimum Gasteiger partial charge on any atom is -0.489 e. The van der Waals surface area contributed by atoms with E-state index in [1.165, 1.54) is 23.1 Å². The van der Waals surface area contributed by atoms with Crippen molar-refractivity contribution < 1.29 is 17.5 Å². The summed E-state index contributed by atoms with van der Waals surface area (Å²) in [7, 11) is -3.90. The zero-order valence-electron chi connectivity index (χ0n) is 17.6. The fraction of sp³-hybridized carbons (Fsp3) is 0.348. The zero-order valence-corrected chi connectivity index (χ0v) is 20.0. The molecular formula is C23H24ClFN2O3S2. The first-order valence-corrected chi connectivity index (χ1v) is 13.3. The van der Waals surface area contributed by atoms with Crippen molar-refractivity contribution in [2.24, 2.45) is 0 Å². The number of benzene rings is 2. The Morgan fingerprint density at radius 3 is 2.62 bits per heavy atom. The standard InChI is InChI=1S/C23H24ClFN2O3S2/c1-16(17-5-3-2-4-6-17)27-10-7-18(8-11-27)30-21-14-20(25)22(13-19(21)24)32(28,29)15-23-26-9-12-31-23/h2-6,9,12-14,16,18H,7-8,10-11,15H2,1H3. The third-order valence-corrected chi connectivity index (χ3v) is 8.61. The summed E-state index contributed by atoms with van der Waals surface area (Å²) in [5.41, 5.74) is 1.27. The predicted octanol–water partition coefficient (Wildman–Crippen LogP) is 5.51. The Hall–Kier alpha value is -2.00. The number of nitrogens with zero attached hydrogens (tertiary/aromatic N) is 2. The molecule has 1 atom stereocenters. The molecule has 0 radical (unpaired) electrons. The van der Waals surface area contributed by atoms with E-state index in [0.29, 0.717) is 11.0 Å². The summed E-state index contributed by atoms with van der Waals surface area (Å²) < 4.78 is 45.9. The van der Waals surface area contributed by atoms with Crippen LogP contribution in [0.1, 0.15) is 36.4 Å². The highest BCUT2D eigenvalue weighted by atomic mass is 35.5. The number of thiazole rings is 1. The number of aromatic nitrogens is 1. The van der Waals surface area contributed by atoms with Crippen molar-refractivity contribution in [1.29, 1.82) is 0 Å². The molecule has 2 aromatic carbocycles. The van der Waals surface area contributed by atoms with Crippen LogP contribution in [0.4, 0.5) is 4.39 Å². The summed E-state index contributed by atoms with van der Waals surface area (Å²) >= 11 is 7.50. The molecule has 32 heavy (non-hydrogen) atoms. The molecule has 1 saturated heterocycles. The lowest BCUT2D eigenvalue weighted by Crippen LogP contribution is -2.39. The molecule has 0 saturated carbocycles. The Labute approximate surface area is 196 Å². The topological polar surface area (TPSA) is 59.5 Å². The van der Waals surface area contributed by atoms with Gasteiger partial charge in [-0.1, -0.05) is 41.9 Å². The smallest absolute Gasteiger partial charge is 0.187 e. The number of likely N-dealkylation sites (tertiary alicyclic amines) is 1. The second-order valence-corrected chi connectivity index (χ2v) is 11.2. The number of piperidine rings is 1. The molecule has 0 N–H and O–H groups in total. The summed E-state index contributed by atoms with van der Waals surface area (Å²) in [6.07, 6.45) is 2.96. The highest BCUT2D eigenvalue weighted by Gasteiger charge is 2.27. The maximum Gasteiger partial charge on any atom is 0.187 e. The zero-order chi connectivity index (χ0) is 22.7. The lowest BCUT2D eigenvalue weighted by molar-refractivity contribution is 0.0795. The lowest BCUT2D eigenvalue weighted by atomic mass is 10.0. The average molecular weight is 495 g/mol. The van der Waals surface area contributed by atoms with E-state index in [2.05, 4.69) is 28.9 Å². The van der Waals surface area contributed by atoms with Gasteiger partial charge in [0, 0.05) is 36.8 Å². The van der Waals surface area contributed by atoms with Crippen LogP contribution in [0, 0.1) is 5.82 Å². The van der Waals surface area contributed by atoms with E-state index < -0.39 is 20.5 Å². The molecule has 0 bridgehead atoms. The first kappa shape index (κ1) is 23.2. The third kappa shape index (κ3) is 5.31. The minimum atomic E-state index is -3.90. The van der Waals surface area contributed by atoms with Crippen molar-refractivity contribution >= 4 is 32.8 Å². The number of hydrogen-bond acceptors (Lipinski definition) is 6. The Balaban J connectivity index is 1.40. The van der Waals surface area contributed by atoms with Gasteiger partial charge in [0.25, 0.3) is 0 Å². The molecule has 5 nitrogen and oxygen atoms in total. The lowest BCUT2D eigenvalue weighted by Gasteiger charge is -2.36. The van der Waals surface area contributed by atoms with Crippen molar-refractivity contribution in [2.75, 3.05) is 13.1 Å². The SMILES string of the molecule is CC(c1ccccc1)N1CCC(Oc2cc(F)c(S(=O)(=O)Cc3nccs3)cc2Cl)CC1. The summed E-state index contributed by atoms with van der Waals surface area (Å²) in [4.78, 5) is 5.93. The van der Waals surface area contributed by atoms with Crippen LogP contribution < -0.4 is 4.74 Å². The summed E-state index contributed by atoms with van der Waals surface area (Å²) in [6, 6.07) is 12.9. The van der Waals surface area contributed by atoms with Crippen molar-refractivity contribution in [2.45, 2.75) is 42.6 Å². The monoisotopic (exact) mass is 494 g/mol. The van der Waals surface area contributed by atoms with E-state index in [-0.39, 0.29) is 22.6 Å². The van der Waals surface area contributed by atoms with Crippen molar-refractivity contribution in [1.82, 2.24) is 9.88 Å². The molecule has 2 heterocycles. The van der Waals surface area contributed by atoms with Gasteiger partial charge in [-0.25, -0.2) is 17.8 Å². The quantitative estimate of drug-likeness (QED) is 0.433. The molecule has 1 aromatic heterocycles. The van der Waals surface area contributed by atoms with Gasteiger partial charge in [-0.2, -0.15) is 0 Å². The Morgan fingerprint density at radius 1 is 1.25 bits per heavy atom. The summed E-state index contributed by atoms with van der Waals surface area (Å²) in [5, 5.41) is 2.17. The van der Waals surface area contributed by atoms with E-state index in [1.807, 2.05) is 18.2 Å². The Bertz CT molecular complexity index is 1150. The van der Waals surface area contributed by atoms with E-state index in [4.69, 9.17) is 16.3 Å². The third-order valence-electron chi connectivity index (χ3n) is 5.72. The van der Waals surface area contributed by atoms with Crippen LogP contribution in [0.3, 0.4) is 0 Å². The molecule has 1 aliphatic rings. The molecule has 4 rings (SSSR count). The van der Waals surface area contributed by atoms with Crippen LogP contribution in [-0.2, 0) is 15.6 Å². The molecule has 1 unspecified atom stereocenters. The molecular weight excluding hydrogens is 471 g/mol. The van der Waals surface area contributed by atoms with E-state index in [9.17, 15) is 12.8 Å². The maximum absolute atomic E-state index is 14.7. The normalized spacial score (nSPS) is 16.7. The van der Waals surface area contributed by atoms with Gasteiger partial charge in [0.05, 0.1) is 5.02 Å². The molecule has 0 spiro atoms. The maximum atomic E-state index is 14.7. The summed E-state index contributed by atoms with van der Waals surface area (Å²) in [5.74, 6) is -1.06. The van der Waals surface area contributed by atoms with E-state index in [0.717, 1.165) is 38.1 Å². The molecule has 0 amide bonds. The molecule has 1 aliphatic heterocycles. The Kier molecular flexibility index (Phi) is 7.14. The molecule has 9 heteroatoms. The Morgan fingerprint density at radius 2 is 1.97 bits per heavy atom. The summed E-state index contributed by atoms with van der Waals surface area (Å²) in [6.45, 7) is 3.88. The van der Waals surface area contributed by atoms with Crippen LogP contribution in [0.2, 0.25) is 5.02 Å². The van der Waals surface area contributed by atoms with Crippen LogP contribution in [0.5, 0.6) is 5.75 Å². The molecule has 0 aliphatic carbocycles. The second-order valence-electron chi connectivity index (χ2n) is 7.84. The van der Waals surface area contributed by atoms with Gasteiger partial charge in [0.15, 0.2) is 9.84 Å². The fourth-order valence-electron chi connectivity index (χ4n) is 3.91. The van der Waals surface area contributed by atoms with Crippen molar-refractivity contribution in [3.63, 3.8) is 0 Å². The van der Waals surface area contributed by atoms with Crippen LogP contribution in [0.15, 0.2) is 58.9 Å². The van der Waals surface area contributed by atoms with Crippen LogP contribution in [-0.4, -0.2) is 37.5 Å². The molecule has 3 aromatic rings. The van der Waals surface area contributed by atoms with Crippen LogP contribution in [0.25, 0.3) is 0 Å². The fourth-order valence-corrected chi connectivity index (χ4v) is 6.53. The number of ether oxygens (including phenoxy) is 1. The van der Waals surface area contributed by atoms with Crippen molar-refractivity contribution in [3.8, 4) is 5.75 Å². The van der Waals surface area contributed by atoms with Gasteiger partial charge in [0.2, 0.25) is 0 Å². The van der Waals surface area contributed by atoms with Gasteiger partial charge in [-0.05, 0) is 31.4 Å². The second kappa shape index (κ2) is 9.87. The van der Waals surface area contributed by atoms with Crippen LogP contribution >= 0.6 is 22.9 Å². The van der Waals surface area contributed by atoms with Gasteiger partial charge in [-0.15, -0.1) is 11.3 Å². The first-order valence-electron chi connectivity index (χ1n) is 10.4. The minimum absolute atomic E-state index is 0.0872. The highest BCUT2D eigenvalue weighted by Crippen LogP contribution is 2.34. The predicted molar refractivity (Wildman–Crippen MR) is 124 cm³/mol. The highest BCUT2D eigenvalue weighted by molar-refractivity contribution is 7.90. The number of sulfone groups is 1. The van der Waals surface area contributed by atoms with Gasteiger partial charge < -0.3 is 4.74 Å². The largest absolute Gasteiger partial charge is 0.489 e. The van der Waals surface area contributed by atoms with E-state index in [1.54, 1.807) is 5.38 Å².